The minimum Gasteiger partial charge on any atom is -0.390 e. The van der Waals surface area contributed by atoms with Gasteiger partial charge in [0.05, 0.1) is 20.6 Å². The van der Waals surface area contributed by atoms with Gasteiger partial charge in [-0.25, -0.2) is 0 Å². The zero-order valence-corrected chi connectivity index (χ0v) is 14.1. The van der Waals surface area contributed by atoms with Gasteiger partial charge in [0.1, 0.15) is 0 Å². The predicted octanol–water partition coefficient (Wildman–Crippen LogP) is 4.79. The van der Waals surface area contributed by atoms with Crippen molar-refractivity contribution >= 4 is 45.4 Å². The van der Waals surface area contributed by atoms with Crippen molar-refractivity contribution in [3.05, 3.63) is 39.2 Å². The molecular formula is C15H16Cl2N2OS. The van der Waals surface area contributed by atoms with Gasteiger partial charge in [0.15, 0.2) is 0 Å². The Kier molecular flexibility index (Phi) is 5.14. The van der Waals surface area contributed by atoms with Crippen LogP contribution >= 0.6 is 34.5 Å². The maximum absolute atomic E-state index is 12.6. The summed E-state index contributed by atoms with van der Waals surface area (Å²) in [5, 5.41) is 3.35. The summed E-state index contributed by atoms with van der Waals surface area (Å²) in [6.07, 6.45) is 0. The van der Waals surface area contributed by atoms with E-state index < -0.39 is 0 Å². The summed E-state index contributed by atoms with van der Waals surface area (Å²) in [5.74, 6) is -0.0557. The number of rotatable bonds is 4. The van der Waals surface area contributed by atoms with Crippen molar-refractivity contribution in [1.29, 1.82) is 0 Å². The highest BCUT2D eigenvalue weighted by Crippen LogP contribution is 2.36. The van der Waals surface area contributed by atoms with E-state index in [9.17, 15) is 4.79 Å². The molecule has 0 bridgehead atoms. The summed E-state index contributed by atoms with van der Waals surface area (Å²) in [6, 6.07) is 5.32. The standard InChI is InChI=1S/C15H16Cl2N2OS/c1-3-19(4-2)15(20)13-10(8-21-14(13)18)9-5-6-11(16)12(17)7-9/h5-8H,3-4,18H2,1-2H3. The Morgan fingerprint density at radius 1 is 1.24 bits per heavy atom. The highest BCUT2D eigenvalue weighted by atomic mass is 35.5. The highest BCUT2D eigenvalue weighted by molar-refractivity contribution is 7.15. The minimum atomic E-state index is -0.0557. The van der Waals surface area contributed by atoms with Crippen molar-refractivity contribution in [2.24, 2.45) is 0 Å². The fourth-order valence-electron chi connectivity index (χ4n) is 2.14. The van der Waals surface area contributed by atoms with Gasteiger partial charge in [-0.1, -0.05) is 29.3 Å². The predicted molar refractivity (Wildman–Crippen MR) is 91.4 cm³/mol. The number of hydrogen-bond donors (Lipinski definition) is 1. The Morgan fingerprint density at radius 2 is 1.90 bits per heavy atom. The molecule has 2 N–H and O–H groups in total. The number of amides is 1. The number of thiophene rings is 1. The first-order valence-electron chi connectivity index (χ1n) is 6.61. The Labute approximate surface area is 138 Å². The lowest BCUT2D eigenvalue weighted by molar-refractivity contribution is 0.0775. The molecule has 0 aliphatic rings. The minimum absolute atomic E-state index is 0.0557. The van der Waals surface area contributed by atoms with Crippen LogP contribution in [0, 0.1) is 0 Å². The molecule has 0 saturated carbocycles. The van der Waals surface area contributed by atoms with E-state index in [1.165, 1.54) is 11.3 Å². The van der Waals surface area contributed by atoms with Crippen LogP contribution in [0.1, 0.15) is 24.2 Å². The van der Waals surface area contributed by atoms with Crippen LogP contribution in [0.15, 0.2) is 23.6 Å². The summed E-state index contributed by atoms with van der Waals surface area (Å²) in [6.45, 7) is 5.18. The maximum atomic E-state index is 12.6. The number of nitrogens with zero attached hydrogens (tertiary/aromatic N) is 1. The van der Waals surface area contributed by atoms with Crippen molar-refractivity contribution in [2.45, 2.75) is 13.8 Å². The van der Waals surface area contributed by atoms with E-state index in [2.05, 4.69) is 0 Å². The van der Waals surface area contributed by atoms with Gasteiger partial charge < -0.3 is 10.6 Å². The lowest BCUT2D eigenvalue weighted by atomic mass is 10.0. The summed E-state index contributed by atoms with van der Waals surface area (Å²) in [4.78, 5) is 14.4. The van der Waals surface area contributed by atoms with Crippen LogP contribution in [0.25, 0.3) is 11.1 Å². The summed E-state index contributed by atoms with van der Waals surface area (Å²) >= 11 is 13.4. The Morgan fingerprint density at radius 3 is 2.48 bits per heavy atom. The molecular weight excluding hydrogens is 327 g/mol. The van der Waals surface area contributed by atoms with E-state index in [0.717, 1.165) is 11.1 Å². The van der Waals surface area contributed by atoms with E-state index in [1.807, 2.05) is 25.3 Å². The zero-order valence-electron chi connectivity index (χ0n) is 11.8. The van der Waals surface area contributed by atoms with Crippen molar-refractivity contribution < 1.29 is 4.79 Å². The fourth-order valence-corrected chi connectivity index (χ4v) is 3.25. The molecule has 3 nitrogen and oxygen atoms in total. The molecule has 6 heteroatoms. The number of anilines is 1. The molecule has 0 atom stereocenters. The van der Waals surface area contributed by atoms with Crippen LogP contribution in [0.5, 0.6) is 0 Å². The molecule has 1 aromatic heterocycles. The molecule has 0 fully saturated rings. The number of nitrogens with two attached hydrogens (primary N) is 1. The number of carbonyl (C=O) groups excluding carboxylic acids is 1. The normalized spacial score (nSPS) is 10.7. The Bertz CT molecular complexity index is 666. The third kappa shape index (κ3) is 3.18. The van der Waals surface area contributed by atoms with Crippen molar-refractivity contribution in [3.8, 4) is 11.1 Å². The number of carbonyl (C=O) groups is 1. The number of hydrogen-bond acceptors (Lipinski definition) is 3. The molecule has 0 unspecified atom stereocenters. The lowest BCUT2D eigenvalue weighted by Crippen LogP contribution is -2.31. The largest absolute Gasteiger partial charge is 0.390 e. The monoisotopic (exact) mass is 342 g/mol. The van der Waals surface area contributed by atoms with Crippen LogP contribution in [-0.4, -0.2) is 23.9 Å². The molecule has 0 aliphatic carbocycles. The second kappa shape index (κ2) is 6.69. The lowest BCUT2D eigenvalue weighted by Gasteiger charge is -2.19. The average Bonchev–Trinajstić information content (AvgIpc) is 2.85. The van der Waals surface area contributed by atoms with Crippen LogP contribution in [0.2, 0.25) is 10.0 Å². The van der Waals surface area contributed by atoms with E-state index in [0.29, 0.717) is 33.7 Å². The first kappa shape index (κ1) is 16.1. The summed E-state index contributed by atoms with van der Waals surface area (Å²) in [5.41, 5.74) is 8.19. The SMILES string of the molecule is CCN(CC)C(=O)c1c(-c2ccc(Cl)c(Cl)c2)csc1N. The van der Waals surface area contributed by atoms with Crippen LogP contribution < -0.4 is 5.73 Å². The third-order valence-electron chi connectivity index (χ3n) is 3.31. The van der Waals surface area contributed by atoms with Crippen molar-refractivity contribution in [1.82, 2.24) is 4.90 Å². The van der Waals surface area contributed by atoms with Crippen LogP contribution in [0.3, 0.4) is 0 Å². The first-order chi connectivity index (χ1) is 9.99. The molecule has 21 heavy (non-hydrogen) atoms. The topological polar surface area (TPSA) is 46.3 Å². The highest BCUT2D eigenvalue weighted by Gasteiger charge is 2.22. The number of halogens is 2. The molecule has 1 aromatic carbocycles. The molecule has 0 saturated heterocycles. The molecule has 0 radical (unpaired) electrons. The molecule has 112 valence electrons. The molecule has 2 aromatic rings. The van der Waals surface area contributed by atoms with Gasteiger partial charge >= 0.3 is 0 Å². The second-order valence-electron chi connectivity index (χ2n) is 4.49. The van der Waals surface area contributed by atoms with Crippen molar-refractivity contribution in [3.63, 3.8) is 0 Å². The third-order valence-corrected chi connectivity index (χ3v) is 4.87. The molecule has 2 rings (SSSR count). The van der Waals surface area contributed by atoms with Crippen LogP contribution in [0.4, 0.5) is 5.00 Å². The molecule has 0 spiro atoms. The number of nitrogen functional groups attached to an aromatic ring is 1. The number of benzene rings is 1. The summed E-state index contributed by atoms with van der Waals surface area (Å²) in [7, 11) is 0. The van der Waals surface area contributed by atoms with E-state index in [4.69, 9.17) is 28.9 Å². The van der Waals surface area contributed by atoms with Gasteiger partial charge in [-0.2, -0.15) is 0 Å². The Balaban J connectivity index is 2.51. The van der Waals surface area contributed by atoms with Crippen LogP contribution in [-0.2, 0) is 0 Å². The van der Waals surface area contributed by atoms with Crippen molar-refractivity contribution in [2.75, 3.05) is 18.8 Å². The van der Waals surface area contributed by atoms with Gasteiger partial charge in [0.25, 0.3) is 5.91 Å². The quantitative estimate of drug-likeness (QED) is 0.868. The summed E-state index contributed by atoms with van der Waals surface area (Å²) < 4.78 is 0. The average molecular weight is 343 g/mol. The van der Waals surface area contributed by atoms with Gasteiger partial charge in [0.2, 0.25) is 0 Å². The van der Waals surface area contributed by atoms with Gasteiger partial charge in [0, 0.05) is 24.0 Å². The zero-order chi connectivity index (χ0) is 15.6. The smallest absolute Gasteiger partial charge is 0.257 e. The van der Waals surface area contributed by atoms with Gasteiger partial charge in [-0.15, -0.1) is 11.3 Å². The first-order valence-corrected chi connectivity index (χ1v) is 8.24. The van der Waals surface area contributed by atoms with E-state index in [1.54, 1.807) is 17.0 Å². The molecule has 1 heterocycles. The van der Waals surface area contributed by atoms with Gasteiger partial charge in [-0.05, 0) is 31.5 Å². The molecule has 0 aliphatic heterocycles. The van der Waals surface area contributed by atoms with Gasteiger partial charge in [-0.3, -0.25) is 4.79 Å². The Hall–Kier alpha value is -1.23. The van der Waals surface area contributed by atoms with E-state index >= 15 is 0 Å². The second-order valence-corrected chi connectivity index (χ2v) is 6.22. The fraction of sp³-hybridized carbons (Fsp3) is 0.267. The van der Waals surface area contributed by atoms with E-state index in [-0.39, 0.29) is 5.91 Å². The maximum Gasteiger partial charge on any atom is 0.257 e. The molecule has 1 amide bonds.